The summed E-state index contributed by atoms with van der Waals surface area (Å²) in [5, 5.41) is 108. The van der Waals surface area contributed by atoms with Gasteiger partial charge in [0.1, 0.15) is 73.2 Å². The van der Waals surface area contributed by atoms with Crippen molar-refractivity contribution in [2.75, 3.05) is 19.8 Å². The summed E-state index contributed by atoms with van der Waals surface area (Å²) < 4.78 is 42.2. The molecule has 14 atom stereocenters. The molecule has 0 aromatic carbocycles. The van der Waals surface area contributed by atoms with Crippen LogP contribution in [0, 0.1) is 0 Å². The van der Waals surface area contributed by atoms with Gasteiger partial charge >= 0.3 is 23.5 Å². The minimum Gasteiger partial charge on any atom is -0.388 e. The van der Waals surface area contributed by atoms with Crippen LogP contribution < -0.4 is 0 Å². The summed E-state index contributed by atoms with van der Waals surface area (Å²) in [6.45, 7) is -2.89. The number of hydrogen-bond acceptors (Lipinski definition) is 21. The predicted octanol–water partition coefficient (Wildman–Crippen LogP) is -9.67. The van der Waals surface area contributed by atoms with Gasteiger partial charge in [0.2, 0.25) is 0 Å². The number of aliphatic hydroxyl groups excluding tert-OH is 12. The summed E-state index contributed by atoms with van der Waals surface area (Å²) in [5.41, 5.74) is 0. The second-order valence-electron chi connectivity index (χ2n) is 8.88. The van der Waals surface area contributed by atoms with Crippen LogP contribution in [0.5, 0.6) is 0 Å². The van der Waals surface area contributed by atoms with Crippen molar-refractivity contribution in [3.8, 4) is 0 Å². The summed E-state index contributed by atoms with van der Waals surface area (Å²) in [6.07, 6.45) is -23.4. The molecule has 0 amide bonds. The highest BCUT2D eigenvalue weighted by Crippen LogP contribution is 2.37. The number of phosphoric acid groups is 3. The lowest BCUT2D eigenvalue weighted by molar-refractivity contribution is -0.136. The third-order valence-corrected chi connectivity index (χ3v) is 6.40. The lowest BCUT2D eigenvalue weighted by Gasteiger charge is -2.23. The highest BCUT2D eigenvalue weighted by atomic mass is 31.2. The Morgan fingerprint density at radius 1 is 0.380 bits per heavy atom. The molecule has 0 aliphatic rings. The Hall–Kier alpha value is -0.280. The minimum atomic E-state index is -4.80. The van der Waals surface area contributed by atoms with E-state index >= 15 is 0 Å². The number of aldehydes is 3. The van der Waals surface area contributed by atoms with E-state index in [1.807, 2.05) is 0 Å². The van der Waals surface area contributed by atoms with Gasteiger partial charge in [-0.25, -0.2) is 13.7 Å². The van der Waals surface area contributed by atoms with Crippen molar-refractivity contribution >= 4 is 62.1 Å². The number of rotatable bonds is 21. The van der Waals surface area contributed by atoms with Crippen LogP contribution in [0.4, 0.5) is 0 Å². The van der Waals surface area contributed by atoms with Gasteiger partial charge in [-0.3, -0.25) is 13.6 Å². The molecule has 0 heterocycles. The molecule has 0 saturated heterocycles. The van der Waals surface area contributed by atoms with Gasteiger partial charge in [0.05, 0.1) is 19.8 Å². The molecular formula is C18H45O27P5. The average Bonchev–Trinajstić information content (AvgIpc) is 3.00. The standard InChI is InChI=1S/3C6H13O9P.2H3P/c3*7-1-3(8)5(10)6(11)4(9)2-15-16(12,13)14;;/h3*1,3-6,8-11H,2H2,(H2,12,13,14);2*1H3. The molecule has 0 spiro atoms. The smallest absolute Gasteiger partial charge is 0.388 e. The lowest BCUT2D eigenvalue weighted by atomic mass is 10.0. The van der Waals surface area contributed by atoms with Crippen molar-refractivity contribution in [1.82, 2.24) is 0 Å². The minimum absolute atomic E-state index is 0. The molecule has 32 heteroatoms. The Balaban J connectivity index is -0.000000199. The van der Waals surface area contributed by atoms with Crippen LogP contribution in [0.2, 0.25) is 0 Å². The number of phosphoric ester groups is 3. The van der Waals surface area contributed by atoms with Gasteiger partial charge in [0.25, 0.3) is 0 Å². The summed E-state index contributed by atoms with van der Waals surface area (Å²) in [7, 11) is -14.4. The zero-order chi connectivity index (χ0) is 38.8. The number of carbonyl (C=O) groups excluding carboxylic acids is 3. The van der Waals surface area contributed by atoms with Crippen LogP contribution in [0.3, 0.4) is 0 Å². The maximum absolute atomic E-state index is 10.2. The zero-order valence-electron chi connectivity index (χ0n) is 25.3. The summed E-state index contributed by atoms with van der Waals surface area (Å²) in [6, 6.07) is 0. The Kier molecular flexibility index (Phi) is 33.3. The van der Waals surface area contributed by atoms with E-state index in [0.29, 0.717) is 0 Å². The first-order valence-electron chi connectivity index (χ1n) is 12.2. The largest absolute Gasteiger partial charge is 0.469 e. The van der Waals surface area contributed by atoms with Crippen molar-refractivity contribution < 1.29 is 132 Å². The third kappa shape index (κ3) is 29.2. The molecule has 304 valence electrons. The fraction of sp³-hybridized carbons (Fsp3) is 0.833. The summed E-state index contributed by atoms with van der Waals surface area (Å²) >= 11 is 0. The van der Waals surface area contributed by atoms with E-state index in [1.165, 1.54) is 0 Å². The van der Waals surface area contributed by atoms with Crippen LogP contribution in [0.25, 0.3) is 0 Å². The number of carbonyl (C=O) groups is 3. The van der Waals surface area contributed by atoms with Crippen LogP contribution in [-0.2, 0) is 41.6 Å². The molecule has 0 aliphatic heterocycles. The Bertz CT molecular complexity index is 924. The van der Waals surface area contributed by atoms with Crippen molar-refractivity contribution in [2.45, 2.75) is 73.2 Å². The highest BCUT2D eigenvalue weighted by molar-refractivity contribution is 7.46. The van der Waals surface area contributed by atoms with Gasteiger partial charge in [-0.05, 0) is 0 Å². The molecule has 27 nitrogen and oxygen atoms in total. The summed E-state index contributed by atoms with van der Waals surface area (Å²) in [4.78, 5) is 79.7. The van der Waals surface area contributed by atoms with Crippen LogP contribution in [0.15, 0.2) is 0 Å². The molecular weight excluding hydrogens is 803 g/mol. The molecule has 0 aromatic rings. The molecule has 0 radical (unpaired) electrons. The van der Waals surface area contributed by atoms with E-state index in [9.17, 15) is 28.1 Å². The Morgan fingerprint density at radius 2 is 0.540 bits per heavy atom. The highest BCUT2D eigenvalue weighted by Gasteiger charge is 2.34. The first-order chi connectivity index (χ1) is 21.6. The van der Waals surface area contributed by atoms with Crippen LogP contribution in [0.1, 0.15) is 0 Å². The third-order valence-electron chi connectivity index (χ3n) is 4.94. The molecule has 0 aliphatic carbocycles. The fourth-order valence-corrected chi connectivity index (χ4v) is 3.39. The maximum atomic E-state index is 10.2. The maximum Gasteiger partial charge on any atom is 0.469 e. The van der Waals surface area contributed by atoms with E-state index in [4.69, 9.17) is 90.6 Å². The molecule has 0 rings (SSSR count). The van der Waals surface area contributed by atoms with Crippen molar-refractivity contribution in [1.29, 1.82) is 0 Å². The number of aliphatic hydroxyl groups is 12. The zero-order valence-corrected chi connectivity index (χ0v) is 30.8. The second kappa shape index (κ2) is 28.2. The molecule has 0 saturated carbocycles. The Morgan fingerprint density at radius 3 is 0.660 bits per heavy atom. The molecule has 0 bridgehead atoms. The summed E-state index contributed by atoms with van der Waals surface area (Å²) in [5.74, 6) is 0. The van der Waals surface area contributed by atoms with E-state index < -0.39 is 117 Å². The molecule has 0 aromatic heterocycles. The van der Waals surface area contributed by atoms with E-state index in [-0.39, 0.29) is 38.7 Å². The van der Waals surface area contributed by atoms with Gasteiger partial charge < -0.3 is 105 Å². The van der Waals surface area contributed by atoms with E-state index in [2.05, 4.69) is 13.6 Å². The van der Waals surface area contributed by atoms with Gasteiger partial charge in [-0.2, -0.15) is 19.8 Å². The van der Waals surface area contributed by atoms with Crippen LogP contribution in [-0.4, -0.2) is 203 Å². The van der Waals surface area contributed by atoms with Crippen molar-refractivity contribution in [3.05, 3.63) is 0 Å². The van der Waals surface area contributed by atoms with Crippen molar-refractivity contribution in [2.24, 2.45) is 0 Å². The lowest BCUT2D eigenvalue weighted by Crippen LogP contribution is -2.46. The quantitative estimate of drug-likeness (QED) is 0.0377. The van der Waals surface area contributed by atoms with Gasteiger partial charge in [-0.15, -0.1) is 0 Å². The monoisotopic (exact) mass is 848 g/mol. The second-order valence-corrected chi connectivity index (χ2v) is 12.6. The molecule has 50 heavy (non-hydrogen) atoms. The normalized spacial score (nSPS) is 19.1. The first kappa shape index (κ1) is 59.0. The molecule has 0 fully saturated rings. The van der Waals surface area contributed by atoms with Gasteiger partial charge in [0, 0.05) is 0 Å². The van der Waals surface area contributed by atoms with E-state index in [1.54, 1.807) is 0 Å². The van der Waals surface area contributed by atoms with Crippen molar-refractivity contribution in [3.63, 3.8) is 0 Å². The fourth-order valence-electron chi connectivity index (χ4n) is 2.35. The molecule has 18 N–H and O–H groups in total. The van der Waals surface area contributed by atoms with Gasteiger partial charge in [-0.1, -0.05) is 0 Å². The number of hydrogen-bond donors (Lipinski definition) is 18. The molecule has 14 unspecified atom stereocenters. The first-order valence-corrected chi connectivity index (χ1v) is 16.8. The SMILES string of the molecule is O=CC(O)C(O)C(O)C(O)COP(=O)(O)O.O=CC(O)C(O)C(O)C(O)COP(=O)(O)O.O=CC(O)C(O)C(O)C(O)COP(=O)(O)O.P.P. The Labute approximate surface area is 287 Å². The predicted molar refractivity (Wildman–Crippen MR) is 166 cm³/mol. The topological polar surface area (TPSA) is 494 Å². The van der Waals surface area contributed by atoms with E-state index in [0.717, 1.165) is 0 Å². The average molecular weight is 848 g/mol. The van der Waals surface area contributed by atoms with Gasteiger partial charge in [0.15, 0.2) is 18.9 Å². The van der Waals surface area contributed by atoms with Crippen LogP contribution >= 0.6 is 43.3 Å².